The van der Waals surface area contributed by atoms with Gasteiger partial charge in [-0.05, 0) is 18.2 Å². The van der Waals surface area contributed by atoms with E-state index in [0.29, 0.717) is 23.8 Å². The second kappa shape index (κ2) is 5.75. The van der Waals surface area contributed by atoms with E-state index in [4.69, 9.17) is 9.47 Å². The molecule has 1 unspecified atom stereocenters. The maximum Gasteiger partial charge on any atom is 0.261 e. The summed E-state index contributed by atoms with van der Waals surface area (Å²) in [5, 5.41) is 4.91. The smallest absolute Gasteiger partial charge is 0.261 e. The van der Waals surface area contributed by atoms with Crippen LogP contribution in [0.2, 0.25) is 0 Å². The molecule has 0 fully saturated rings. The fraction of sp³-hybridized carbons (Fsp3) is 0.176. The number of carbonyl (C=O) groups is 1. The van der Waals surface area contributed by atoms with Crippen LogP contribution in [0.5, 0.6) is 11.5 Å². The number of nitrogens with zero attached hydrogens (tertiary/aromatic N) is 2. The fourth-order valence-electron chi connectivity index (χ4n) is 2.82. The zero-order valence-corrected chi connectivity index (χ0v) is 14.6. The minimum absolute atomic E-state index is 0.116. The van der Waals surface area contributed by atoms with Gasteiger partial charge in [0.25, 0.3) is 5.91 Å². The van der Waals surface area contributed by atoms with Crippen molar-refractivity contribution in [3.8, 4) is 11.5 Å². The number of para-hydroxylation sites is 2. The highest BCUT2D eigenvalue weighted by Gasteiger charge is 2.22. The highest BCUT2D eigenvalue weighted by molar-refractivity contribution is 7.21. The lowest BCUT2D eigenvalue weighted by molar-refractivity contribution is 0.0791. The Bertz CT molecular complexity index is 1080. The van der Waals surface area contributed by atoms with Crippen molar-refractivity contribution < 1.29 is 14.3 Å². The molecule has 0 spiro atoms. The van der Waals surface area contributed by atoms with Gasteiger partial charge in [0.2, 0.25) is 0 Å². The van der Waals surface area contributed by atoms with E-state index in [1.54, 1.807) is 11.3 Å². The van der Waals surface area contributed by atoms with Crippen molar-refractivity contribution in [3.05, 3.63) is 46.8 Å². The zero-order chi connectivity index (χ0) is 16.8. The van der Waals surface area contributed by atoms with Crippen LogP contribution in [0.4, 0.5) is 0 Å². The Hall–Kier alpha value is -2.58. The molecule has 0 saturated carbocycles. The molecule has 0 bridgehead atoms. The first-order valence-electron chi connectivity index (χ1n) is 7.80. The number of fused-ring (bicyclic) bond motifs is 4. The molecule has 25 heavy (non-hydrogen) atoms. The van der Waals surface area contributed by atoms with Crippen LogP contribution in [0.25, 0.3) is 15.3 Å². The maximum absolute atomic E-state index is 12.4. The van der Waals surface area contributed by atoms with Gasteiger partial charge >= 0.3 is 0 Å². The lowest BCUT2D eigenvalue weighted by Gasteiger charge is -2.26. The van der Waals surface area contributed by atoms with Gasteiger partial charge in [-0.15, -0.1) is 22.7 Å². The molecule has 0 aliphatic carbocycles. The molecule has 4 aromatic rings. The number of nitrogens with one attached hydrogen (secondary N) is 1. The molecule has 1 N–H and O–H groups in total. The predicted octanol–water partition coefficient (Wildman–Crippen LogP) is 3.18. The highest BCUT2D eigenvalue weighted by atomic mass is 32.1. The van der Waals surface area contributed by atoms with E-state index in [9.17, 15) is 4.79 Å². The fourth-order valence-corrected chi connectivity index (χ4v) is 4.53. The number of aromatic nitrogens is 2. The zero-order valence-electron chi connectivity index (χ0n) is 13.0. The van der Waals surface area contributed by atoms with Crippen molar-refractivity contribution >= 4 is 43.9 Å². The van der Waals surface area contributed by atoms with Gasteiger partial charge in [0, 0.05) is 11.6 Å². The van der Waals surface area contributed by atoms with Crippen molar-refractivity contribution in [2.75, 3.05) is 13.2 Å². The Morgan fingerprint density at radius 3 is 3.16 bits per heavy atom. The van der Waals surface area contributed by atoms with E-state index in [1.807, 2.05) is 46.3 Å². The van der Waals surface area contributed by atoms with Crippen LogP contribution in [0, 0.1) is 0 Å². The van der Waals surface area contributed by atoms with Crippen LogP contribution >= 0.6 is 22.7 Å². The molecular formula is C17H13N3O3S2. The van der Waals surface area contributed by atoms with Crippen LogP contribution in [0.1, 0.15) is 9.67 Å². The van der Waals surface area contributed by atoms with Crippen molar-refractivity contribution in [2.24, 2.45) is 0 Å². The third-order valence-corrected chi connectivity index (χ3v) is 5.79. The number of hydrogen-bond donors (Lipinski definition) is 1. The summed E-state index contributed by atoms with van der Waals surface area (Å²) in [6.45, 7) is 0.811. The van der Waals surface area contributed by atoms with Gasteiger partial charge in [0.1, 0.15) is 17.5 Å². The molecule has 1 aliphatic heterocycles. The van der Waals surface area contributed by atoms with E-state index in [2.05, 4.69) is 10.3 Å². The summed E-state index contributed by atoms with van der Waals surface area (Å²) >= 11 is 2.98. The number of thiophene rings is 1. The van der Waals surface area contributed by atoms with Crippen molar-refractivity contribution in [1.82, 2.24) is 14.7 Å². The molecule has 4 heterocycles. The molecule has 3 aromatic heterocycles. The summed E-state index contributed by atoms with van der Waals surface area (Å²) in [6.07, 6.45) is 1.77. The number of thiazole rings is 1. The number of ether oxygens (including phenoxy) is 2. The Kier molecular flexibility index (Phi) is 3.39. The second-order valence-electron chi connectivity index (χ2n) is 5.68. The van der Waals surface area contributed by atoms with Crippen molar-refractivity contribution in [3.63, 3.8) is 0 Å². The number of rotatable bonds is 3. The van der Waals surface area contributed by atoms with Crippen LogP contribution in [0.3, 0.4) is 0 Å². The monoisotopic (exact) mass is 371 g/mol. The van der Waals surface area contributed by atoms with Crippen LogP contribution in [0.15, 0.2) is 41.9 Å². The summed E-state index contributed by atoms with van der Waals surface area (Å²) in [5.41, 5.74) is 0.970. The molecule has 8 heteroatoms. The Morgan fingerprint density at radius 2 is 2.24 bits per heavy atom. The average molecular weight is 371 g/mol. The number of imidazole rings is 1. The third-order valence-electron chi connectivity index (χ3n) is 4.02. The second-order valence-corrected chi connectivity index (χ2v) is 7.58. The van der Waals surface area contributed by atoms with Gasteiger partial charge in [-0.25, -0.2) is 4.98 Å². The van der Waals surface area contributed by atoms with E-state index in [1.165, 1.54) is 11.3 Å². The quantitative estimate of drug-likeness (QED) is 0.601. The number of benzene rings is 1. The molecule has 126 valence electrons. The topological polar surface area (TPSA) is 64.9 Å². The van der Waals surface area contributed by atoms with Crippen molar-refractivity contribution in [1.29, 1.82) is 0 Å². The number of hydrogen-bond acceptors (Lipinski definition) is 6. The van der Waals surface area contributed by atoms with Gasteiger partial charge in [-0.2, -0.15) is 0 Å². The van der Waals surface area contributed by atoms with E-state index >= 15 is 0 Å². The lowest BCUT2D eigenvalue weighted by Crippen LogP contribution is -2.40. The number of amides is 1. The standard InChI is InChI=1S/C17H13N3O3S2/c21-15(14-7-11-16(25-14)19-17-20(11)5-6-24-17)18-8-10-9-22-12-3-1-2-4-13(12)23-10/h1-7,10H,8-9H2,(H,18,21). The first kappa shape index (κ1) is 14.7. The van der Waals surface area contributed by atoms with Gasteiger partial charge in [0.15, 0.2) is 16.5 Å². The molecule has 1 atom stereocenters. The maximum atomic E-state index is 12.4. The van der Waals surface area contributed by atoms with E-state index < -0.39 is 0 Å². The van der Waals surface area contributed by atoms with Gasteiger partial charge in [-0.1, -0.05) is 12.1 Å². The molecule has 6 nitrogen and oxygen atoms in total. The summed E-state index contributed by atoms with van der Waals surface area (Å²) in [5.74, 6) is 1.34. The Labute approximate surface area is 150 Å². The normalized spacial score (nSPS) is 16.4. The first-order chi connectivity index (χ1) is 12.3. The third kappa shape index (κ3) is 2.54. The van der Waals surface area contributed by atoms with E-state index in [0.717, 1.165) is 21.1 Å². The molecule has 0 radical (unpaired) electrons. The molecule has 1 amide bonds. The first-order valence-corrected chi connectivity index (χ1v) is 9.49. The predicted molar refractivity (Wildman–Crippen MR) is 97.1 cm³/mol. The lowest BCUT2D eigenvalue weighted by atomic mass is 10.2. The Morgan fingerprint density at radius 1 is 1.36 bits per heavy atom. The average Bonchev–Trinajstić information content (AvgIpc) is 3.31. The minimum Gasteiger partial charge on any atom is -0.486 e. The minimum atomic E-state index is -0.201. The van der Waals surface area contributed by atoms with Crippen LogP contribution in [-0.2, 0) is 0 Å². The SMILES string of the molecule is O=C(NCC1COc2ccccc2O1)c1cc2c(nc3sccn32)s1. The van der Waals surface area contributed by atoms with Gasteiger partial charge in [0.05, 0.1) is 16.9 Å². The molecular weight excluding hydrogens is 358 g/mol. The van der Waals surface area contributed by atoms with Crippen LogP contribution in [-0.4, -0.2) is 34.5 Å². The van der Waals surface area contributed by atoms with E-state index in [-0.39, 0.29) is 12.0 Å². The Balaban J connectivity index is 1.28. The molecule has 0 saturated heterocycles. The molecule has 1 aliphatic rings. The molecule has 1 aromatic carbocycles. The van der Waals surface area contributed by atoms with Crippen molar-refractivity contribution in [2.45, 2.75) is 6.10 Å². The van der Waals surface area contributed by atoms with Gasteiger partial charge in [-0.3, -0.25) is 9.20 Å². The highest BCUT2D eigenvalue weighted by Crippen LogP contribution is 2.31. The summed E-state index contributed by atoms with van der Waals surface area (Å²) < 4.78 is 13.5. The summed E-state index contributed by atoms with van der Waals surface area (Å²) in [7, 11) is 0. The largest absolute Gasteiger partial charge is 0.486 e. The van der Waals surface area contributed by atoms with Gasteiger partial charge < -0.3 is 14.8 Å². The van der Waals surface area contributed by atoms with Crippen LogP contribution < -0.4 is 14.8 Å². The summed E-state index contributed by atoms with van der Waals surface area (Å²) in [4.78, 5) is 19.4. The summed E-state index contributed by atoms with van der Waals surface area (Å²) in [6, 6.07) is 9.43. The molecule has 5 rings (SSSR count). The number of carbonyl (C=O) groups excluding carboxylic acids is 1.